The minimum absolute atomic E-state index is 0.276. The molecule has 1 N–H and O–H groups in total. The van der Waals surface area contributed by atoms with E-state index in [4.69, 9.17) is 16.7 Å². The van der Waals surface area contributed by atoms with E-state index in [0.717, 1.165) is 4.90 Å². The van der Waals surface area contributed by atoms with Crippen molar-refractivity contribution in [1.82, 2.24) is 4.90 Å². The SMILES string of the molecule is CN(CCC(Cl)c1ccccc1F)C(=O)O. The number of rotatable bonds is 4. The van der Waals surface area contributed by atoms with Crippen molar-refractivity contribution in [3.05, 3.63) is 35.6 Å². The Bertz CT molecular complexity index is 373. The van der Waals surface area contributed by atoms with Gasteiger partial charge in [0.2, 0.25) is 0 Å². The Morgan fingerprint density at radius 1 is 1.56 bits per heavy atom. The summed E-state index contributed by atoms with van der Waals surface area (Å²) in [5.41, 5.74) is 0.406. The summed E-state index contributed by atoms with van der Waals surface area (Å²) in [4.78, 5) is 11.6. The van der Waals surface area contributed by atoms with Crippen LogP contribution in [0, 0.1) is 5.82 Å². The minimum atomic E-state index is -1.02. The summed E-state index contributed by atoms with van der Waals surface area (Å²) in [6.07, 6.45) is -0.636. The predicted octanol–water partition coefficient (Wildman–Crippen LogP) is 3.11. The van der Waals surface area contributed by atoms with Crippen LogP contribution in [-0.2, 0) is 0 Å². The van der Waals surface area contributed by atoms with Crippen LogP contribution in [0.5, 0.6) is 0 Å². The average Bonchev–Trinajstić information content (AvgIpc) is 2.25. The van der Waals surface area contributed by atoms with Gasteiger partial charge in [-0.25, -0.2) is 9.18 Å². The van der Waals surface area contributed by atoms with Crippen LogP contribution in [-0.4, -0.2) is 29.7 Å². The van der Waals surface area contributed by atoms with Gasteiger partial charge in [0.25, 0.3) is 0 Å². The smallest absolute Gasteiger partial charge is 0.407 e. The molecule has 1 aromatic rings. The van der Waals surface area contributed by atoms with Gasteiger partial charge in [0, 0.05) is 19.2 Å². The first-order valence-electron chi connectivity index (χ1n) is 4.85. The number of amides is 1. The Balaban J connectivity index is 2.56. The summed E-state index contributed by atoms with van der Waals surface area (Å²) in [7, 11) is 1.45. The quantitative estimate of drug-likeness (QED) is 0.828. The van der Waals surface area contributed by atoms with Crippen LogP contribution >= 0.6 is 11.6 Å². The van der Waals surface area contributed by atoms with Crippen molar-refractivity contribution in [3.8, 4) is 0 Å². The monoisotopic (exact) mass is 245 g/mol. The number of alkyl halides is 1. The predicted molar refractivity (Wildman–Crippen MR) is 60.3 cm³/mol. The largest absolute Gasteiger partial charge is 0.465 e. The number of halogens is 2. The summed E-state index contributed by atoms with van der Waals surface area (Å²) in [5, 5.41) is 8.12. The molecule has 16 heavy (non-hydrogen) atoms. The molecule has 0 aliphatic rings. The maximum Gasteiger partial charge on any atom is 0.407 e. The van der Waals surface area contributed by atoms with Crippen molar-refractivity contribution in [3.63, 3.8) is 0 Å². The minimum Gasteiger partial charge on any atom is -0.465 e. The molecular formula is C11H13ClFNO2. The highest BCUT2D eigenvalue weighted by Crippen LogP contribution is 2.26. The molecule has 1 amide bonds. The number of benzene rings is 1. The molecule has 1 atom stereocenters. The van der Waals surface area contributed by atoms with E-state index in [9.17, 15) is 9.18 Å². The second-order valence-corrected chi connectivity index (χ2v) is 4.01. The molecule has 1 rings (SSSR count). The van der Waals surface area contributed by atoms with Gasteiger partial charge in [0.05, 0.1) is 5.38 Å². The summed E-state index contributed by atoms with van der Waals surface area (Å²) < 4.78 is 13.3. The summed E-state index contributed by atoms with van der Waals surface area (Å²) in [6.45, 7) is 0.276. The molecule has 0 spiro atoms. The van der Waals surface area contributed by atoms with Gasteiger partial charge in [-0.3, -0.25) is 0 Å². The van der Waals surface area contributed by atoms with Crippen LogP contribution in [0.25, 0.3) is 0 Å². The standard InChI is InChI=1S/C11H13ClFNO2/c1-14(11(15)16)7-6-9(12)8-4-2-3-5-10(8)13/h2-5,9H,6-7H2,1H3,(H,15,16). The zero-order valence-electron chi connectivity index (χ0n) is 8.86. The molecule has 1 unspecified atom stereocenters. The summed E-state index contributed by atoms with van der Waals surface area (Å²) in [6, 6.07) is 6.24. The third-order valence-corrected chi connectivity index (χ3v) is 2.74. The van der Waals surface area contributed by atoms with Crippen LogP contribution in [0.15, 0.2) is 24.3 Å². The highest BCUT2D eigenvalue weighted by Gasteiger charge is 2.14. The highest BCUT2D eigenvalue weighted by molar-refractivity contribution is 6.20. The van der Waals surface area contributed by atoms with Crippen molar-refractivity contribution >= 4 is 17.7 Å². The van der Waals surface area contributed by atoms with Gasteiger partial charge >= 0.3 is 6.09 Å². The van der Waals surface area contributed by atoms with Crippen molar-refractivity contribution in [1.29, 1.82) is 0 Å². The Morgan fingerprint density at radius 2 is 2.19 bits per heavy atom. The van der Waals surface area contributed by atoms with E-state index < -0.39 is 11.5 Å². The van der Waals surface area contributed by atoms with Crippen molar-refractivity contribution in [2.45, 2.75) is 11.8 Å². The molecule has 0 saturated heterocycles. The molecule has 0 saturated carbocycles. The molecule has 5 heteroatoms. The molecule has 3 nitrogen and oxygen atoms in total. The van der Waals surface area contributed by atoms with E-state index in [1.807, 2.05) is 0 Å². The van der Waals surface area contributed by atoms with E-state index in [0.29, 0.717) is 12.0 Å². The van der Waals surface area contributed by atoms with Gasteiger partial charge in [0.1, 0.15) is 5.82 Å². The van der Waals surface area contributed by atoms with E-state index >= 15 is 0 Å². The van der Waals surface area contributed by atoms with Gasteiger partial charge in [0.15, 0.2) is 0 Å². The molecule has 0 heterocycles. The van der Waals surface area contributed by atoms with Gasteiger partial charge in [-0.15, -0.1) is 11.6 Å². The Hall–Kier alpha value is -1.29. The first-order chi connectivity index (χ1) is 7.52. The fourth-order valence-electron chi connectivity index (χ4n) is 1.29. The lowest BCUT2D eigenvalue weighted by Crippen LogP contribution is -2.26. The number of carbonyl (C=O) groups is 1. The third kappa shape index (κ3) is 3.38. The number of hydrogen-bond donors (Lipinski definition) is 1. The third-order valence-electron chi connectivity index (χ3n) is 2.29. The van der Waals surface area contributed by atoms with Gasteiger partial charge in [-0.1, -0.05) is 18.2 Å². The lowest BCUT2D eigenvalue weighted by atomic mass is 10.1. The van der Waals surface area contributed by atoms with E-state index in [1.54, 1.807) is 18.2 Å². The first-order valence-corrected chi connectivity index (χ1v) is 5.28. The maximum absolute atomic E-state index is 13.3. The maximum atomic E-state index is 13.3. The fraction of sp³-hybridized carbons (Fsp3) is 0.364. The van der Waals surface area contributed by atoms with Crippen molar-refractivity contribution in [2.75, 3.05) is 13.6 Å². The molecule has 0 aromatic heterocycles. The van der Waals surface area contributed by atoms with Crippen molar-refractivity contribution in [2.24, 2.45) is 0 Å². The lowest BCUT2D eigenvalue weighted by molar-refractivity contribution is 0.155. The molecular weight excluding hydrogens is 233 g/mol. The Morgan fingerprint density at radius 3 is 2.75 bits per heavy atom. The molecule has 88 valence electrons. The van der Waals surface area contributed by atoms with Crippen LogP contribution < -0.4 is 0 Å². The van der Waals surface area contributed by atoms with Gasteiger partial charge in [-0.05, 0) is 12.5 Å². The van der Waals surface area contributed by atoms with E-state index in [1.165, 1.54) is 13.1 Å². The summed E-state index contributed by atoms with van der Waals surface area (Å²) in [5.74, 6) is -0.361. The average molecular weight is 246 g/mol. The Kier molecular flexibility index (Phi) is 4.55. The topological polar surface area (TPSA) is 40.5 Å². The molecule has 0 radical (unpaired) electrons. The van der Waals surface area contributed by atoms with E-state index in [-0.39, 0.29) is 12.4 Å². The summed E-state index contributed by atoms with van der Waals surface area (Å²) >= 11 is 6.00. The van der Waals surface area contributed by atoms with Gasteiger partial charge in [-0.2, -0.15) is 0 Å². The van der Waals surface area contributed by atoms with Crippen LogP contribution in [0.1, 0.15) is 17.4 Å². The lowest BCUT2D eigenvalue weighted by Gasteiger charge is -2.16. The fourth-order valence-corrected chi connectivity index (χ4v) is 1.56. The molecule has 0 aliphatic carbocycles. The Labute approximate surface area is 98.4 Å². The van der Waals surface area contributed by atoms with Crippen molar-refractivity contribution < 1.29 is 14.3 Å². The highest BCUT2D eigenvalue weighted by atomic mass is 35.5. The first kappa shape index (κ1) is 12.8. The van der Waals surface area contributed by atoms with Gasteiger partial charge < -0.3 is 10.0 Å². The zero-order chi connectivity index (χ0) is 12.1. The van der Waals surface area contributed by atoms with E-state index in [2.05, 4.69) is 0 Å². The number of hydrogen-bond acceptors (Lipinski definition) is 1. The number of carboxylic acid groups (broad SMARTS) is 1. The van der Waals surface area contributed by atoms with Crippen LogP contribution in [0.4, 0.5) is 9.18 Å². The molecule has 1 aromatic carbocycles. The molecule has 0 bridgehead atoms. The second kappa shape index (κ2) is 5.70. The number of nitrogens with zero attached hydrogens (tertiary/aromatic N) is 1. The van der Waals surface area contributed by atoms with Crippen LogP contribution in [0.3, 0.4) is 0 Å². The second-order valence-electron chi connectivity index (χ2n) is 3.48. The molecule has 0 aliphatic heterocycles. The normalized spacial score (nSPS) is 12.2. The molecule has 0 fully saturated rings. The van der Waals surface area contributed by atoms with Crippen LogP contribution in [0.2, 0.25) is 0 Å². The zero-order valence-corrected chi connectivity index (χ0v) is 9.62.